The molecule has 1 aliphatic heterocycles. The van der Waals surface area contributed by atoms with Crippen LogP contribution in [0.3, 0.4) is 0 Å². The smallest absolute Gasteiger partial charge is 0.129 e. The van der Waals surface area contributed by atoms with E-state index in [1.807, 2.05) is 0 Å². The molecule has 0 radical (unpaired) electrons. The van der Waals surface area contributed by atoms with Gasteiger partial charge in [-0.3, -0.25) is 0 Å². The van der Waals surface area contributed by atoms with Crippen molar-refractivity contribution in [2.45, 2.75) is 45.1 Å². The third kappa shape index (κ3) is 2.48. The van der Waals surface area contributed by atoms with Gasteiger partial charge >= 0.3 is 0 Å². The van der Waals surface area contributed by atoms with Crippen molar-refractivity contribution in [3.63, 3.8) is 0 Å². The maximum atomic E-state index is 13.6. The lowest BCUT2D eigenvalue weighted by Gasteiger charge is -2.40. The maximum Gasteiger partial charge on any atom is 0.129 e. The average Bonchev–Trinajstić information content (AvgIpc) is 3.00. The topological polar surface area (TPSA) is 36.4 Å². The van der Waals surface area contributed by atoms with Crippen molar-refractivity contribution < 1.29 is 9.50 Å². The van der Waals surface area contributed by atoms with Crippen molar-refractivity contribution >= 4 is 16.7 Å². The zero-order chi connectivity index (χ0) is 16.9. The molecular formula is C20H25FN2O. The van der Waals surface area contributed by atoms with Gasteiger partial charge in [0, 0.05) is 30.5 Å². The molecular weight excluding hydrogens is 303 g/mol. The number of fused-ring (bicyclic) bond motifs is 2. The van der Waals surface area contributed by atoms with Gasteiger partial charge in [0.2, 0.25) is 0 Å². The molecule has 2 heterocycles. The Balaban J connectivity index is 1.69. The first-order valence-corrected chi connectivity index (χ1v) is 9.04. The fourth-order valence-electron chi connectivity index (χ4n) is 4.77. The van der Waals surface area contributed by atoms with E-state index in [0.29, 0.717) is 17.4 Å². The fourth-order valence-corrected chi connectivity index (χ4v) is 4.77. The van der Waals surface area contributed by atoms with Crippen molar-refractivity contribution in [2.75, 3.05) is 18.0 Å². The summed E-state index contributed by atoms with van der Waals surface area (Å²) in [5.41, 5.74) is 1.30. The van der Waals surface area contributed by atoms with Gasteiger partial charge in [-0.05, 0) is 55.9 Å². The highest BCUT2D eigenvalue weighted by molar-refractivity contribution is 5.84. The molecule has 1 N–H and O–H groups in total. The predicted molar refractivity (Wildman–Crippen MR) is 94.7 cm³/mol. The van der Waals surface area contributed by atoms with Gasteiger partial charge < -0.3 is 10.0 Å². The number of nitrogens with zero attached hydrogens (tertiary/aromatic N) is 2. The lowest BCUT2D eigenvalue weighted by Crippen LogP contribution is -2.44. The summed E-state index contributed by atoms with van der Waals surface area (Å²) in [7, 11) is 0. The van der Waals surface area contributed by atoms with E-state index in [1.165, 1.54) is 18.6 Å². The van der Waals surface area contributed by atoms with Crippen LogP contribution in [0.15, 0.2) is 24.3 Å². The van der Waals surface area contributed by atoms with E-state index in [4.69, 9.17) is 4.98 Å². The number of pyridine rings is 1. The number of aryl methyl sites for hydroxylation is 1. The molecule has 128 valence electrons. The van der Waals surface area contributed by atoms with Gasteiger partial charge in [-0.15, -0.1) is 0 Å². The Labute approximate surface area is 142 Å². The molecule has 3 atom stereocenters. The van der Waals surface area contributed by atoms with Gasteiger partial charge in [0.05, 0.1) is 11.1 Å². The summed E-state index contributed by atoms with van der Waals surface area (Å²) >= 11 is 0. The quantitative estimate of drug-likeness (QED) is 0.903. The zero-order valence-electron chi connectivity index (χ0n) is 14.4. The van der Waals surface area contributed by atoms with Crippen molar-refractivity contribution in [1.29, 1.82) is 0 Å². The van der Waals surface area contributed by atoms with Gasteiger partial charge in [0.1, 0.15) is 11.6 Å². The van der Waals surface area contributed by atoms with Crippen molar-refractivity contribution in [1.82, 2.24) is 4.98 Å². The number of benzene rings is 1. The number of halogens is 1. The lowest BCUT2D eigenvalue weighted by atomic mass is 9.69. The van der Waals surface area contributed by atoms with Gasteiger partial charge in [0.15, 0.2) is 0 Å². The second kappa shape index (κ2) is 5.69. The van der Waals surface area contributed by atoms with Crippen LogP contribution in [-0.2, 0) is 0 Å². The summed E-state index contributed by atoms with van der Waals surface area (Å²) < 4.78 is 13.6. The molecule has 0 bridgehead atoms. The molecule has 4 rings (SSSR count). The number of aromatic nitrogens is 1. The Bertz CT molecular complexity index is 778. The van der Waals surface area contributed by atoms with Crippen molar-refractivity contribution in [3.05, 3.63) is 35.6 Å². The Morgan fingerprint density at radius 2 is 2.17 bits per heavy atom. The van der Waals surface area contributed by atoms with Crippen LogP contribution in [0.2, 0.25) is 0 Å². The van der Waals surface area contributed by atoms with Gasteiger partial charge in [-0.2, -0.15) is 0 Å². The second-order valence-corrected chi connectivity index (χ2v) is 7.58. The van der Waals surface area contributed by atoms with E-state index in [9.17, 15) is 9.50 Å². The zero-order valence-corrected chi connectivity index (χ0v) is 14.4. The predicted octanol–water partition coefficient (Wildman–Crippen LogP) is 4.06. The number of anilines is 1. The van der Waals surface area contributed by atoms with Crippen LogP contribution in [0, 0.1) is 24.6 Å². The molecule has 0 amide bonds. The molecule has 24 heavy (non-hydrogen) atoms. The minimum Gasteiger partial charge on any atom is -0.390 e. The Kier molecular flexibility index (Phi) is 3.75. The first kappa shape index (κ1) is 15.8. The third-order valence-corrected chi connectivity index (χ3v) is 6.22. The highest BCUT2D eigenvalue weighted by Crippen LogP contribution is 2.45. The van der Waals surface area contributed by atoms with Gasteiger partial charge in [-0.25, -0.2) is 9.37 Å². The van der Waals surface area contributed by atoms with E-state index in [0.717, 1.165) is 49.1 Å². The lowest BCUT2D eigenvalue weighted by molar-refractivity contribution is -0.0597. The molecule has 1 saturated heterocycles. The van der Waals surface area contributed by atoms with Crippen LogP contribution >= 0.6 is 0 Å². The summed E-state index contributed by atoms with van der Waals surface area (Å²) in [5, 5.41) is 12.0. The highest BCUT2D eigenvalue weighted by Gasteiger charge is 2.48. The molecule has 0 unspecified atom stereocenters. The Morgan fingerprint density at radius 3 is 2.96 bits per heavy atom. The average molecular weight is 328 g/mol. The Morgan fingerprint density at radius 1 is 1.33 bits per heavy atom. The Hall–Kier alpha value is -1.68. The first-order valence-electron chi connectivity index (χ1n) is 9.04. The molecule has 1 aromatic heterocycles. The summed E-state index contributed by atoms with van der Waals surface area (Å²) in [6, 6.07) is 6.90. The highest BCUT2D eigenvalue weighted by atomic mass is 19.1. The van der Waals surface area contributed by atoms with E-state index < -0.39 is 5.60 Å². The normalized spacial score (nSPS) is 29.9. The molecule has 1 saturated carbocycles. The minimum absolute atomic E-state index is 0.248. The summed E-state index contributed by atoms with van der Waals surface area (Å²) in [6.45, 7) is 5.94. The standard InChI is InChI=1S/C20H25FN2O/c1-3-20(24)8-4-5-14-11-23(12-17(14)20)19-9-13(2)16-7-6-15(21)10-18(16)22-19/h6-7,9-10,14,17,24H,3-5,8,11-12H2,1-2H3/t14-,17+,20-/m1/s1. The van der Waals surface area contributed by atoms with Crippen LogP contribution in [-0.4, -0.2) is 28.8 Å². The molecule has 4 heteroatoms. The SMILES string of the molecule is CC[C@@]1(O)CCC[C@@H]2CN(c3cc(C)c4ccc(F)cc4n3)C[C@@H]21. The molecule has 2 aliphatic rings. The summed E-state index contributed by atoms with van der Waals surface area (Å²) in [5.74, 6) is 1.52. The van der Waals surface area contributed by atoms with Crippen LogP contribution < -0.4 is 4.90 Å². The fraction of sp³-hybridized carbons (Fsp3) is 0.550. The number of aliphatic hydroxyl groups is 1. The van der Waals surface area contributed by atoms with Gasteiger partial charge in [0.25, 0.3) is 0 Å². The van der Waals surface area contributed by atoms with E-state index in [1.54, 1.807) is 6.07 Å². The third-order valence-electron chi connectivity index (χ3n) is 6.22. The van der Waals surface area contributed by atoms with Crippen LogP contribution in [0.1, 0.15) is 38.2 Å². The molecule has 1 aliphatic carbocycles. The molecule has 0 spiro atoms. The van der Waals surface area contributed by atoms with E-state index in [2.05, 4.69) is 24.8 Å². The number of hydrogen-bond donors (Lipinski definition) is 1. The molecule has 3 nitrogen and oxygen atoms in total. The largest absolute Gasteiger partial charge is 0.390 e. The maximum absolute atomic E-state index is 13.6. The second-order valence-electron chi connectivity index (χ2n) is 7.58. The molecule has 2 fully saturated rings. The van der Waals surface area contributed by atoms with Crippen molar-refractivity contribution in [2.24, 2.45) is 11.8 Å². The molecule has 1 aromatic carbocycles. The number of hydrogen-bond acceptors (Lipinski definition) is 3. The molecule has 2 aromatic rings. The van der Waals surface area contributed by atoms with E-state index in [-0.39, 0.29) is 5.82 Å². The number of rotatable bonds is 2. The van der Waals surface area contributed by atoms with Crippen LogP contribution in [0.4, 0.5) is 10.2 Å². The summed E-state index contributed by atoms with van der Waals surface area (Å²) in [6.07, 6.45) is 4.02. The minimum atomic E-state index is -0.532. The van der Waals surface area contributed by atoms with Gasteiger partial charge in [-0.1, -0.05) is 13.3 Å². The van der Waals surface area contributed by atoms with Crippen molar-refractivity contribution in [3.8, 4) is 0 Å². The van der Waals surface area contributed by atoms with Crippen LogP contribution in [0.5, 0.6) is 0 Å². The monoisotopic (exact) mass is 328 g/mol. The summed E-state index contributed by atoms with van der Waals surface area (Å²) in [4.78, 5) is 7.00. The van der Waals surface area contributed by atoms with Crippen LogP contribution in [0.25, 0.3) is 10.9 Å². The first-order chi connectivity index (χ1) is 11.5. The van der Waals surface area contributed by atoms with E-state index >= 15 is 0 Å².